The molecule has 0 radical (unpaired) electrons. The molecule has 0 saturated carbocycles. The second-order valence-electron chi connectivity index (χ2n) is 6.84. The molecule has 0 bridgehead atoms. The van der Waals surface area contributed by atoms with Crippen LogP contribution in [0.1, 0.15) is 47.1 Å². The lowest BCUT2D eigenvalue weighted by molar-refractivity contribution is 0.0561. The van der Waals surface area contributed by atoms with Crippen molar-refractivity contribution < 1.29 is 9.32 Å². The number of hydrogen-bond acceptors (Lipinski definition) is 4. The molecule has 0 N–H and O–H groups in total. The molecule has 1 aliphatic heterocycles. The van der Waals surface area contributed by atoms with Gasteiger partial charge in [-0.15, -0.1) is 0 Å². The molecule has 0 aliphatic carbocycles. The number of carbonyl (C=O) groups is 1. The summed E-state index contributed by atoms with van der Waals surface area (Å²) in [5.74, 6) is 1.01. The van der Waals surface area contributed by atoms with E-state index in [1.807, 2.05) is 36.1 Å². The van der Waals surface area contributed by atoms with E-state index in [9.17, 15) is 4.79 Å². The zero-order chi connectivity index (χ0) is 18.8. The molecule has 138 valence electrons. The topological polar surface area (TPSA) is 59.2 Å². The third-order valence-electron chi connectivity index (χ3n) is 4.89. The smallest absolute Gasteiger partial charge is 0.254 e. The van der Waals surface area contributed by atoms with Crippen LogP contribution in [0.25, 0.3) is 11.4 Å². The molecule has 3 aromatic rings. The lowest BCUT2D eigenvalue weighted by Crippen LogP contribution is -2.38. The van der Waals surface area contributed by atoms with E-state index in [1.165, 1.54) is 5.56 Å². The lowest BCUT2D eigenvalue weighted by Gasteiger charge is -2.33. The van der Waals surface area contributed by atoms with Gasteiger partial charge in [-0.25, -0.2) is 0 Å². The predicted octanol–water partition coefficient (Wildman–Crippen LogP) is 5.07. The third kappa shape index (κ3) is 3.74. The van der Waals surface area contributed by atoms with E-state index in [0.29, 0.717) is 28.8 Å². The van der Waals surface area contributed by atoms with Crippen molar-refractivity contribution in [2.45, 2.75) is 32.2 Å². The molecular formula is C21H20ClN3O2. The first-order chi connectivity index (χ1) is 13.1. The van der Waals surface area contributed by atoms with Gasteiger partial charge in [-0.1, -0.05) is 46.6 Å². The van der Waals surface area contributed by atoms with Crippen molar-refractivity contribution in [3.05, 3.63) is 70.6 Å². The Labute approximate surface area is 163 Å². The van der Waals surface area contributed by atoms with Crippen molar-refractivity contribution in [1.29, 1.82) is 0 Å². The fourth-order valence-electron chi connectivity index (χ4n) is 3.38. The minimum Gasteiger partial charge on any atom is -0.337 e. The SMILES string of the molecule is Cc1ccc(-c2noc(C3CCCCN3C(=O)c3ccc(Cl)cc3)n2)cc1. The number of aromatic nitrogens is 2. The van der Waals surface area contributed by atoms with E-state index in [2.05, 4.69) is 10.1 Å². The first kappa shape index (κ1) is 17.7. The molecule has 1 unspecified atom stereocenters. The molecule has 1 aromatic heterocycles. The van der Waals surface area contributed by atoms with Crippen LogP contribution in [0.4, 0.5) is 0 Å². The van der Waals surface area contributed by atoms with Crippen molar-refractivity contribution >= 4 is 17.5 Å². The largest absolute Gasteiger partial charge is 0.337 e. The highest BCUT2D eigenvalue weighted by molar-refractivity contribution is 6.30. The summed E-state index contributed by atoms with van der Waals surface area (Å²) in [6, 6.07) is 14.7. The van der Waals surface area contributed by atoms with E-state index < -0.39 is 0 Å². The number of piperidine rings is 1. The van der Waals surface area contributed by atoms with E-state index in [-0.39, 0.29) is 11.9 Å². The fourth-order valence-corrected chi connectivity index (χ4v) is 3.51. The molecule has 1 atom stereocenters. The maximum Gasteiger partial charge on any atom is 0.254 e. The van der Waals surface area contributed by atoms with Crippen LogP contribution in [0.15, 0.2) is 53.1 Å². The Morgan fingerprint density at radius 3 is 2.59 bits per heavy atom. The molecule has 1 aliphatic rings. The summed E-state index contributed by atoms with van der Waals surface area (Å²) in [5.41, 5.74) is 2.70. The van der Waals surface area contributed by atoms with Gasteiger partial charge in [-0.2, -0.15) is 4.98 Å². The zero-order valence-electron chi connectivity index (χ0n) is 15.1. The Bertz CT molecular complexity index is 935. The normalized spacial score (nSPS) is 17.1. The number of amides is 1. The van der Waals surface area contributed by atoms with Gasteiger partial charge in [0.2, 0.25) is 11.7 Å². The van der Waals surface area contributed by atoms with Gasteiger partial charge in [0.25, 0.3) is 5.91 Å². The lowest BCUT2D eigenvalue weighted by atomic mass is 10.0. The van der Waals surface area contributed by atoms with Crippen LogP contribution in [0, 0.1) is 6.92 Å². The van der Waals surface area contributed by atoms with Gasteiger partial charge in [-0.3, -0.25) is 4.79 Å². The Balaban J connectivity index is 1.60. The average Bonchev–Trinajstić information content (AvgIpc) is 3.19. The van der Waals surface area contributed by atoms with E-state index in [4.69, 9.17) is 16.1 Å². The van der Waals surface area contributed by atoms with Crippen LogP contribution in [0.2, 0.25) is 5.02 Å². The molecule has 1 saturated heterocycles. The fraction of sp³-hybridized carbons (Fsp3) is 0.286. The van der Waals surface area contributed by atoms with E-state index in [0.717, 1.165) is 24.8 Å². The van der Waals surface area contributed by atoms with Crippen LogP contribution in [-0.2, 0) is 0 Å². The van der Waals surface area contributed by atoms with Crippen molar-refractivity contribution in [2.75, 3.05) is 6.54 Å². The summed E-state index contributed by atoms with van der Waals surface area (Å²) in [6.07, 6.45) is 2.81. The summed E-state index contributed by atoms with van der Waals surface area (Å²) >= 11 is 5.94. The van der Waals surface area contributed by atoms with Gasteiger partial charge in [0.1, 0.15) is 6.04 Å². The predicted molar refractivity (Wildman–Crippen MR) is 104 cm³/mol. The van der Waals surface area contributed by atoms with Gasteiger partial charge in [0, 0.05) is 22.7 Å². The van der Waals surface area contributed by atoms with Crippen LogP contribution < -0.4 is 0 Å². The minimum atomic E-state index is -0.200. The number of likely N-dealkylation sites (tertiary alicyclic amines) is 1. The summed E-state index contributed by atoms with van der Waals surface area (Å²) in [7, 11) is 0. The summed E-state index contributed by atoms with van der Waals surface area (Å²) < 4.78 is 5.55. The molecule has 0 spiro atoms. The summed E-state index contributed by atoms with van der Waals surface area (Å²) in [6.45, 7) is 2.71. The zero-order valence-corrected chi connectivity index (χ0v) is 15.8. The number of carbonyl (C=O) groups excluding carboxylic acids is 1. The number of aryl methyl sites for hydroxylation is 1. The Kier molecular flexibility index (Phi) is 4.94. The first-order valence-electron chi connectivity index (χ1n) is 9.09. The van der Waals surface area contributed by atoms with Crippen LogP contribution in [0.5, 0.6) is 0 Å². The maximum absolute atomic E-state index is 13.0. The highest BCUT2D eigenvalue weighted by Gasteiger charge is 2.32. The van der Waals surface area contributed by atoms with Crippen LogP contribution in [0.3, 0.4) is 0 Å². The standard InChI is InChI=1S/C21H20ClN3O2/c1-14-5-7-15(8-6-14)19-23-20(27-24-19)18-4-2-3-13-25(18)21(26)16-9-11-17(22)12-10-16/h5-12,18H,2-4,13H2,1H3. The molecule has 1 fully saturated rings. The Hall–Kier alpha value is -2.66. The second kappa shape index (κ2) is 7.53. The average molecular weight is 382 g/mol. The molecule has 27 heavy (non-hydrogen) atoms. The van der Waals surface area contributed by atoms with Crippen molar-refractivity contribution in [3.8, 4) is 11.4 Å². The maximum atomic E-state index is 13.0. The second-order valence-corrected chi connectivity index (χ2v) is 7.28. The first-order valence-corrected chi connectivity index (χ1v) is 9.47. The van der Waals surface area contributed by atoms with Gasteiger partial charge in [0.05, 0.1) is 0 Å². The molecule has 4 rings (SSSR count). The molecule has 1 amide bonds. The third-order valence-corrected chi connectivity index (χ3v) is 5.14. The quantitative estimate of drug-likeness (QED) is 0.635. The van der Waals surface area contributed by atoms with E-state index in [1.54, 1.807) is 24.3 Å². The van der Waals surface area contributed by atoms with Gasteiger partial charge in [-0.05, 0) is 50.5 Å². The molecule has 6 heteroatoms. The van der Waals surface area contributed by atoms with Crippen molar-refractivity contribution in [3.63, 3.8) is 0 Å². The van der Waals surface area contributed by atoms with Crippen LogP contribution in [-0.4, -0.2) is 27.5 Å². The highest BCUT2D eigenvalue weighted by atomic mass is 35.5. The molecule has 2 aromatic carbocycles. The molecule has 2 heterocycles. The Morgan fingerprint density at radius 2 is 1.85 bits per heavy atom. The molecule has 5 nitrogen and oxygen atoms in total. The highest BCUT2D eigenvalue weighted by Crippen LogP contribution is 2.32. The van der Waals surface area contributed by atoms with Crippen molar-refractivity contribution in [1.82, 2.24) is 15.0 Å². The molecular weight excluding hydrogens is 362 g/mol. The van der Waals surface area contributed by atoms with Gasteiger partial charge >= 0.3 is 0 Å². The number of halogens is 1. The number of nitrogens with zero attached hydrogens (tertiary/aromatic N) is 3. The van der Waals surface area contributed by atoms with Gasteiger partial charge in [0.15, 0.2) is 0 Å². The van der Waals surface area contributed by atoms with Gasteiger partial charge < -0.3 is 9.42 Å². The van der Waals surface area contributed by atoms with E-state index >= 15 is 0 Å². The Morgan fingerprint density at radius 1 is 1.11 bits per heavy atom. The monoisotopic (exact) mass is 381 g/mol. The minimum absolute atomic E-state index is 0.0357. The number of hydrogen-bond donors (Lipinski definition) is 0. The number of rotatable bonds is 3. The summed E-state index contributed by atoms with van der Waals surface area (Å²) in [4.78, 5) is 19.4. The van der Waals surface area contributed by atoms with Crippen LogP contribution >= 0.6 is 11.6 Å². The number of benzene rings is 2. The summed E-state index contributed by atoms with van der Waals surface area (Å²) in [5, 5.41) is 4.74. The van der Waals surface area contributed by atoms with Crippen molar-refractivity contribution in [2.24, 2.45) is 0 Å².